The Morgan fingerprint density at radius 3 is 2.83 bits per heavy atom. The molecule has 1 aromatic carbocycles. The van der Waals surface area contributed by atoms with Crippen LogP contribution in [0.1, 0.15) is 18.1 Å². The van der Waals surface area contributed by atoms with E-state index in [0.717, 1.165) is 37.4 Å². The van der Waals surface area contributed by atoms with Gasteiger partial charge in [0, 0.05) is 56.7 Å². The molecule has 1 amide bonds. The van der Waals surface area contributed by atoms with E-state index in [1.54, 1.807) is 6.20 Å². The summed E-state index contributed by atoms with van der Waals surface area (Å²) in [6.45, 7) is 4.79. The van der Waals surface area contributed by atoms with Gasteiger partial charge in [0.2, 0.25) is 0 Å². The molecule has 0 bridgehead atoms. The zero-order chi connectivity index (χ0) is 20.8. The van der Waals surface area contributed by atoms with Gasteiger partial charge < -0.3 is 19.9 Å². The number of benzene rings is 1. The Bertz CT molecular complexity index is 1010. The molecule has 30 heavy (non-hydrogen) atoms. The number of carbonyl (C=O) groups is 1. The first-order valence-corrected chi connectivity index (χ1v) is 10.3. The summed E-state index contributed by atoms with van der Waals surface area (Å²) in [6.07, 6.45) is 8.22. The van der Waals surface area contributed by atoms with Crippen molar-refractivity contribution in [2.75, 3.05) is 19.6 Å². The Morgan fingerprint density at radius 2 is 1.97 bits per heavy atom. The van der Waals surface area contributed by atoms with Crippen molar-refractivity contribution in [2.45, 2.75) is 26.1 Å². The van der Waals surface area contributed by atoms with E-state index in [1.807, 2.05) is 52.9 Å². The second kappa shape index (κ2) is 9.56. The lowest BCUT2D eigenvalue weighted by Gasteiger charge is -2.33. The smallest absolute Gasteiger partial charge is 0.264 e. The van der Waals surface area contributed by atoms with Crippen LogP contribution in [0, 0.1) is 0 Å². The van der Waals surface area contributed by atoms with E-state index >= 15 is 0 Å². The molecule has 1 aliphatic heterocycles. The van der Waals surface area contributed by atoms with Crippen molar-refractivity contribution < 1.29 is 4.79 Å². The normalized spacial score (nSPS) is 16.6. The van der Waals surface area contributed by atoms with Crippen LogP contribution in [0.25, 0.3) is 5.65 Å². The van der Waals surface area contributed by atoms with Gasteiger partial charge in [-0.2, -0.15) is 0 Å². The summed E-state index contributed by atoms with van der Waals surface area (Å²) >= 11 is 0. The molecule has 3 heterocycles. The average molecular weight is 405 g/mol. The summed E-state index contributed by atoms with van der Waals surface area (Å²) in [5.74, 6) is 0.0599. The van der Waals surface area contributed by atoms with Crippen molar-refractivity contribution in [2.24, 2.45) is 0 Å². The number of nitrogens with zero attached hydrogens (tertiary/aromatic N) is 3. The van der Waals surface area contributed by atoms with Crippen molar-refractivity contribution >= 4 is 11.6 Å². The summed E-state index contributed by atoms with van der Waals surface area (Å²) in [5, 5.41) is 9.93. The standard InChI is InChI=1S/C23H28N6O/c1-18-15-27-22(26-10-9-19-5-3-2-4-6-19)23(30)29(18)14-11-24-16-20-7-8-21-25-12-13-28(21)17-20/h2-8,12-13,15,17,22,24,26-27H,9-11,14,16H2,1H3. The maximum absolute atomic E-state index is 12.9. The molecule has 1 unspecified atom stereocenters. The predicted octanol–water partition coefficient (Wildman–Crippen LogP) is 1.88. The number of hydrogen-bond acceptors (Lipinski definition) is 5. The van der Waals surface area contributed by atoms with Crippen molar-refractivity contribution in [1.82, 2.24) is 30.2 Å². The van der Waals surface area contributed by atoms with Gasteiger partial charge in [-0.05, 0) is 30.5 Å². The Kier molecular flexibility index (Phi) is 6.41. The predicted molar refractivity (Wildman–Crippen MR) is 117 cm³/mol. The molecule has 2 aromatic heterocycles. The first-order chi connectivity index (χ1) is 14.7. The van der Waals surface area contributed by atoms with E-state index in [-0.39, 0.29) is 12.1 Å². The lowest BCUT2D eigenvalue weighted by atomic mass is 10.1. The third-order valence-corrected chi connectivity index (χ3v) is 5.29. The monoisotopic (exact) mass is 404 g/mol. The van der Waals surface area contributed by atoms with E-state index in [2.05, 4.69) is 45.3 Å². The highest BCUT2D eigenvalue weighted by molar-refractivity contribution is 5.84. The zero-order valence-corrected chi connectivity index (χ0v) is 17.2. The van der Waals surface area contributed by atoms with Crippen LogP contribution in [0.2, 0.25) is 0 Å². The van der Waals surface area contributed by atoms with Gasteiger partial charge in [0.25, 0.3) is 5.91 Å². The third-order valence-electron chi connectivity index (χ3n) is 5.29. The molecule has 1 aliphatic rings. The minimum atomic E-state index is -0.388. The number of imidazole rings is 1. The summed E-state index contributed by atoms with van der Waals surface area (Å²) in [7, 11) is 0. The van der Waals surface area contributed by atoms with Crippen molar-refractivity contribution in [1.29, 1.82) is 0 Å². The van der Waals surface area contributed by atoms with Crippen LogP contribution in [0.15, 0.2) is 73.0 Å². The molecule has 3 N–H and O–H groups in total. The van der Waals surface area contributed by atoms with Crippen molar-refractivity contribution in [3.8, 4) is 0 Å². The van der Waals surface area contributed by atoms with Gasteiger partial charge in [-0.15, -0.1) is 0 Å². The van der Waals surface area contributed by atoms with Crippen LogP contribution in [-0.4, -0.2) is 46.0 Å². The Morgan fingerprint density at radius 1 is 1.10 bits per heavy atom. The van der Waals surface area contributed by atoms with Crippen LogP contribution < -0.4 is 16.0 Å². The highest BCUT2D eigenvalue weighted by Crippen LogP contribution is 2.10. The van der Waals surface area contributed by atoms with E-state index in [4.69, 9.17) is 0 Å². The molecule has 0 aliphatic carbocycles. The number of aromatic nitrogens is 2. The topological polar surface area (TPSA) is 73.7 Å². The fourth-order valence-corrected chi connectivity index (χ4v) is 3.62. The number of hydrogen-bond donors (Lipinski definition) is 3. The van der Waals surface area contributed by atoms with Gasteiger partial charge in [-0.1, -0.05) is 36.4 Å². The second-order valence-electron chi connectivity index (χ2n) is 7.47. The fourth-order valence-electron chi connectivity index (χ4n) is 3.62. The number of pyridine rings is 1. The molecule has 7 nitrogen and oxygen atoms in total. The van der Waals surface area contributed by atoms with Gasteiger partial charge in [0.15, 0.2) is 6.17 Å². The molecule has 0 saturated heterocycles. The highest BCUT2D eigenvalue weighted by atomic mass is 16.2. The Labute approximate surface area is 176 Å². The fraction of sp³-hybridized carbons (Fsp3) is 0.304. The van der Waals surface area contributed by atoms with E-state index in [0.29, 0.717) is 6.54 Å². The quantitative estimate of drug-likeness (QED) is 0.475. The molecule has 1 atom stereocenters. The molecule has 156 valence electrons. The summed E-state index contributed by atoms with van der Waals surface area (Å²) in [5.41, 5.74) is 4.31. The van der Waals surface area contributed by atoms with Crippen LogP contribution in [0.5, 0.6) is 0 Å². The SMILES string of the molecule is CC1=CNC(NCCc2ccccc2)C(=O)N1CCNCc1ccc2nccn2c1. The molecule has 0 fully saturated rings. The number of nitrogens with one attached hydrogen (secondary N) is 3. The van der Waals surface area contributed by atoms with Crippen molar-refractivity contribution in [3.63, 3.8) is 0 Å². The zero-order valence-electron chi connectivity index (χ0n) is 17.2. The number of fused-ring (bicyclic) bond motifs is 1. The second-order valence-corrected chi connectivity index (χ2v) is 7.47. The molecule has 3 aromatic rings. The average Bonchev–Trinajstić information content (AvgIpc) is 3.23. The van der Waals surface area contributed by atoms with Crippen LogP contribution in [0.3, 0.4) is 0 Å². The minimum absolute atomic E-state index is 0.0599. The lowest BCUT2D eigenvalue weighted by Crippen LogP contribution is -2.56. The molecule has 7 heteroatoms. The molecular weight excluding hydrogens is 376 g/mol. The molecule has 4 rings (SSSR count). The lowest BCUT2D eigenvalue weighted by molar-refractivity contribution is -0.133. The Balaban J connectivity index is 1.24. The van der Waals surface area contributed by atoms with Crippen LogP contribution in [0.4, 0.5) is 0 Å². The van der Waals surface area contributed by atoms with Gasteiger partial charge in [-0.3, -0.25) is 10.1 Å². The molecular formula is C23H28N6O. The summed E-state index contributed by atoms with van der Waals surface area (Å²) in [4.78, 5) is 19.0. The first kappa shape index (κ1) is 20.1. The molecule has 0 saturated carbocycles. The van der Waals surface area contributed by atoms with Gasteiger partial charge in [0.05, 0.1) is 0 Å². The van der Waals surface area contributed by atoms with Crippen LogP contribution in [-0.2, 0) is 17.8 Å². The van der Waals surface area contributed by atoms with E-state index < -0.39 is 0 Å². The number of allylic oxidation sites excluding steroid dienone is 1. The number of amides is 1. The summed E-state index contributed by atoms with van der Waals surface area (Å²) in [6, 6.07) is 14.4. The van der Waals surface area contributed by atoms with Gasteiger partial charge in [0.1, 0.15) is 5.65 Å². The van der Waals surface area contributed by atoms with E-state index in [9.17, 15) is 4.79 Å². The van der Waals surface area contributed by atoms with Gasteiger partial charge in [-0.25, -0.2) is 4.98 Å². The number of carbonyl (C=O) groups excluding carboxylic acids is 1. The highest BCUT2D eigenvalue weighted by Gasteiger charge is 2.27. The molecule has 0 radical (unpaired) electrons. The first-order valence-electron chi connectivity index (χ1n) is 10.3. The number of rotatable bonds is 9. The maximum Gasteiger partial charge on any atom is 0.264 e. The largest absolute Gasteiger partial charge is 0.367 e. The van der Waals surface area contributed by atoms with Gasteiger partial charge >= 0.3 is 0 Å². The maximum atomic E-state index is 12.9. The van der Waals surface area contributed by atoms with Crippen molar-refractivity contribution in [3.05, 3.63) is 84.1 Å². The third kappa shape index (κ3) is 4.87. The Hall–Kier alpha value is -3.16. The van der Waals surface area contributed by atoms with E-state index in [1.165, 1.54) is 11.1 Å². The van der Waals surface area contributed by atoms with Crippen LogP contribution >= 0.6 is 0 Å². The molecule has 0 spiro atoms. The minimum Gasteiger partial charge on any atom is -0.367 e. The summed E-state index contributed by atoms with van der Waals surface area (Å²) < 4.78 is 2.01.